The highest BCUT2D eigenvalue weighted by molar-refractivity contribution is 5.76. The Kier molecular flexibility index (Phi) is 4.03. The fourth-order valence-electron chi connectivity index (χ4n) is 2.91. The third-order valence-electron chi connectivity index (χ3n) is 4.02. The van der Waals surface area contributed by atoms with Crippen LogP contribution in [-0.2, 0) is 29.1 Å². The highest BCUT2D eigenvalue weighted by Gasteiger charge is 2.27. The van der Waals surface area contributed by atoms with Crippen molar-refractivity contribution in [2.24, 2.45) is 5.92 Å². The van der Waals surface area contributed by atoms with Crippen molar-refractivity contribution in [3.8, 4) is 0 Å². The Morgan fingerprint density at radius 2 is 2.50 bits per heavy atom. The maximum Gasteiger partial charge on any atom is 0.223 e. The predicted molar refractivity (Wildman–Crippen MR) is 71.9 cm³/mol. The first kappa shape index (κ1) is 13.6. The van der Waals surface area contributed by atoms with E-state index in [9.17, 15) is 4.79 Å². The van der Waals surface area contributed by atoms with Gasteiger partial charge in [0, 0.05) is 26.5 Å². The molecule has 1 fully saturated rings. The van der Waals surface area contributed by atoms with Crippen LogP contribution in [0.15, 0.2) is 4.42 Å². The van der Waals surface area contributed by atoms with Gasteiger partial charge in [-0.15, -0.1) is 0 Å². The fraction of sp³-hybridized carbons (Fsp3) is 0.714. The minimum Gasteiger partial charge on any atom is -0.443 e. The smallest absolute Gasteiger partial charge is 0.223 e. The molecule has 2 aliphatic heterocycles. The molecule has 1 aromatic rings. The zero-order chi connectivity index (χ0) is 13.9. The molecule has 1 saturated heterocycles. The van der Waals surface area contributed by atoms with Crippen LogP contribution in [0.1, 0.15) is 30.2 Å². The Labute approximate surface area is 118 Å². The maximum absolute atomic E-state index is 12.3. The SMILES string of the molecule is COCc1nc2c(o1)CCN(C(=O)CC1CCNC1)C2. The van der Waals surface area contributed by atoms with Crippen molar-refractivity contribution in [2.45, 2.75) is 32.4 Å². The number of aromatic nitrogens is 1. The van der Waals surface area contributed by atoms with Gasteiger partial charge in [0.25, 0.3) is 0 Å². The van der Waals surface area contributed by atoms with Crippen LogP contribution in [0.3, 0.4) is 0 Å². The summed E-state index contributed by atoms with van der Waals surface area (Å²) in [7, 11) is 1.62. The number of amides is 1. The summed E-state index contributed by atoms with van der Waals surface area (Å²) >= 11 is 0. The van der Waals surface area contributed by atoms with E-state index in [1.807, 2.05) is 4.90 Å². The molecule has 0 radical (unpaired) electrons. The van der Waals surface area contributed by atoms with Gasteiger partial charge in [-0.2, -0.15) is 0 Å². The molecule has 1 aromatic heterocycles. The zero-order valence-corrected chi connectivity index (χ0v) is 11.9. The highest BCUT2D eigenvalue weighted by Crippen LogP contribution is 2.22. The molecule has 20 heavy (non-hydrogen) atoms. The predicted octanol–water partition coefficient (Wildman–Crippen LogP) is 0.705. The lowest BCUT2D eigenvalue weighted by atomic mass is 10.0. The number of rotatable bonds is 4. The van der Waals surface area contributed by atoms with Crippen LogP contribution in [0, 0.1) is 5.92 Å². The van der Waals surface area contributed by atoms with Crippen molar-refractivity contribution >= 4 is 5.91 Å². The summed E-state index contributed by atoms with van der Waals surface area (Å²) in [5, 5.41) is 3.30. The van der Waals surface area contributed by atoms with Crippen LogP contribution in [-0.4, -0.2) is 42.5 Å². The van der Waals surface area contributed by atoms with Crippen molar-refractivity contribution in [1.82, 2.24) is 15.2 Å². The zero-order valence-electron chi connectivity index (χ0n) is 11.9. The molecule has 0 aliphatic carbocycles. The molecule has 0 bridgehead atoms. The molecular weight excluding hydrogens is 258 g/mol. The lowest BCUT2D eigenvalue weighted by molar-refractivity contribution is -0.133. The standard InChI is InChI=1S/C14H21N3O3/c1-19-9-13-16-11-8-17(5-3-12(11)20-13)14(18)6-10-2-4-15-7-10/h10,15H,2-9H2,1H3. The van der Waals surface area contributed by atoms with Crippen LogP contribution in [0.25, 0.3) is 0 Å². The Hall–Kier alpha value is -1.40. The van der Waals surface area contributed by atoms with Crippen molar-refractivity contribution in [2.75, 3.05) is 26.7 Å². The number of methoxy groups -OCH3 is 1. The maximum atomic E-state index is 12.3. The second-order valence-corrected chi connectivity index (χ2v) is 5.54. The number of ether oxygens (including phenoxy) is 1. The monoisotopic (exact) mass is 279 g/mol. The number of oxazole rings is 1. The van der Waals surface area contributed by atoms with E-state index in [0.717, 1.165) is 43.9 Å². The molecule has 0 spiro atoms. The van der Waals surface area contributed by atoms with Gasteiger partial charge in [0.15, 0.2) is 0 Å². The summed E-state index contributed by atoms with van der Waals surface area (Å²) in [5.74, 6) is 2.24. The Morgan fingerprint density at radius 3 is 3.25 bits per heavy atom. The molecule has 110 valence electrons. The van der Waals surface area contributed by atoms with Crippen molar-refractivity contribution in [3.63, 3.8) is 0 Å². The average Bonchev–Trinajstić information content (AvgIpc) is 3.06. The molecule has 1 amide bonds. The van der Waals surface area contributed by atoms with Crippen molar-refractivity contribution < 1.29 is 13.9 Å². The number of hydrogen-bond acceptors (Lipinski definition) is 5. The Morgan fingerprint density at radius 1 is 1.60 bits per heavy atom. The summed E-state index contributed by atoms with van der Waals surface area (Å²) < 4.78 is 10.6. The van der Waals surface area contributed by atoms with Gasteiger partial charge in [-0.25, -0.2) is 4.98 Å². The van der Waals surface area contributed by atoms with E-state index < -0.39 is 0 Å². The lowest BCUT2D eigenvalue weighted by Gasteiger charge is -2.26. The quantitative estimate of drug-likeness (QED) is 0.879. The molecule has 3 heterocycles. The summed E-state index contributed by atoms with van der Waals surface area (Å²) in [6.45, 7) is 3.68. The summed E-state index contributed by atoms with van der Waals surface area (Å²) in [4.78, 5) is 18.6. The first-order chi connectivity index (χ1) is 9.76. The number of carbonyl (C=O) groups is 1. The molecule has 6 heteroatoms. The van der Waals surface area contributed by atoms with Crippen LogP contribution >= 0.6 is 0 Å². The molecule has 0 saturated carbocycles. The minimum absolute atomic E-state index is 0.237. The first-order valence-electron chi connectivity index (χ1n) is 7.21. The van der Waals surface area contributed by atoms with Crippen molar-refractivity contribution in [3.05, 3.63) is 17.3 Å². The molecule has 6 nitrogen and oxygen atoms in total. The van der Waals surface area contributed by atoms with Gasteiger partial charge >= 0.3 is 0 Å². The number of hydrogen-bond donors (Lipinski definition) is 1. The number of nitrogens with one attached hydrogen (secondary N) is 1. The number of fused-ring (bicyclic) bond motifs is 1. The lowest BCUT2D eigenvalue weighted by Crippen LogP contribution is -2.36. The highest BCUT2D eigenvalue weighted by atomic mass is 16.5. The third-order valence-corrected chi connectivity index (χ3v) is 4.02. The summed E-state index contributed by atoms with van der Waals surface area (Å²) in [6.07, 6.45) is 2.50. The second kappa shape index (κ2) is 5.93. The molecule has 0 aromatic carbocycles. The third kappa shape index (κ3) is 2.86. The van der Waals surface area contributed by atoms with Gasteiger partial charge in [-0.3, -0.25) is 4.79 Å². The average molecular weight is 279 g/mol. The topological polar surface area (TPSA) is 67.6 Å². The van der Waals surface area contributed by atoms with E-state index in [1.165, 1.54) is 0 Å². The fourth-order valence-corrected chi connectivity index (χ4v) is 2.91. The number of carbonyl (C=O) groups excluding carboxylic acids is 1. The normalized spacial score (nSPS) is 22.1. The van der Waals surface area contributed by atoms with Gasteiger partial charge in [-0.1, -0.05) is 0 Å². The molecule has 3 rings (SSSR count). The van der Waals surface area contributed by atoms with Gasteiger partial charge < -0.3 is 19.4 Å². The van der Waals surface area contributed by atoms with Crippen LogP contribution in [0.4, 0.5) is 0 Å². The summed E-state index contributed by atoms with van der Waals surface area (Å²) in [6, 6.07) is 0. The molecule has 2 aliphatic rings. The minimum atomic E-state index is 0.237. The molecule has 1 atom stereocenters. The van der Waals surface area contributed by atoms with Crippen LogP contribution < -0.4 is 5.32 Å². The van der Waals surface area contributed by atoms with Gasteiger partial charge in [0.1, 0.15) is 18.1 Å². The first-order valence-corrected chi connectivity index (χ1v) is 7.21. The molecule has 1 N–H and O–H groups in total. The van der Waals surface area contributed by atoms with E-state index in [4.69, 9.17) is 9.15 Å². The van der Waals surface area contributed by atoms with Crippen LogP contribution in [0.2, 0.25) is 0 Å². The van der Waals surface area contributed by atoms with Crippen molar-refractivity contribution in [1.29, 1.82) is 0 Å². The van der Waals surface area contributed by atoms with Gasteiger partial charge in [0.05, 0.1) is 6.54 Å². The Balaban J connectivity index is 1.60. The van der Waals surface area contributed by atoms with Crippen LogP contribution in [0.5, 0.6) is 0 Å². The molecular formula is C14H21N3O3. The van der Waals surface area contributed by atoms with E-state index in [2.05, 4.69) is 10.3 Å². The second-order valence-electron chi connectivity index (χ2n) is 5.54. The Bertz CT molecular complexity index is 480. The van der Waals surface area contributed by atoms with E-state index in [-0.39, 0.29) is 5.91 Å². The number of nitrogens with zero attached hydrogens (tertiary/aromatic N) is 2. The van der Waals surface area contributed by atoms with Gasteiger partial charge in [0.2, 0.25) is 11.8 Å². The van der Waals surface area contributed by atoms with E-state index in [0.29, 0.717) is 31.4 Å². The van der Waals surface area contributed by atoms with E-state index in [1.54, 1.807) is 7.11 Å². The van der Waals surface area contributed by atoms with Gasteiger partial charge in [-0.05, 0) is 25.4 Å². The molecule has 1 unspecified atom stereocenters. The van der Waals surface area contributed by atoms with E-state index >= 15 is 0 Å². The largest absolute Gasteiger partial charge is 0.443 e. The summed E-state index contributed by atoms with van der Waals surface area (Å²) in [5.41, 5.74) is 0.890.